The highest BCUT2D eigenvalue weighted by molar-refractivity contribution is 6.30. The number of Topliss-reactive ketones (excluding diaryl/α,β-unsaturated/α-hetero) is 1. The van der Waals surface area contributed by atoms with Crippen LogP contribution in [-0.4, -0.2) is 43.8 Å². The maximum Gasteiger partial charge on any atom is 0.336 e. The lowest BCUT2D eigenvalue weighted by molar-refractivity contribution is -0.122. The van der Waals surface area contributed by atoms with Crippen LogP contribution in [0.1, 0.15) is 49.0 Å². The number of amides is 1. The van der Waals surface area contributed by atoms with Crippen LogP contribution in [0.15, 0.2) is 65.3 Å². The van der Waals surface area contributed by atoms with Crippen molar-refractivity contribution < 1.29 is 24.0 Å². The highest BCUT2D eigenvalue weighted by Crippen LogP contribution is 2.32. The standard InChI is InChI=1S/C29H24ClN3O5/c1-16-27(17(2)38-32-16)24-11-18(6-8-23(24)29(36)37)15-33-25(14-21-5-3-4-10-31-21)26(34)13-19-12-20(30)7-9-22(19)28(33)35/h3-12,25H,13-15H2,1-2H3,(H,36,37)/t25-/m1/s1. The van der Waals surface area contributed by atoms with Crippen molar-refractivity contribution in [1.82, 2.24) is 15.0 Å². The van der Waals surface area contributed by atoms with E-state index in [0.29, 0.717) is 50.0 Å². The van der Waals surface area contributed by atoms with Gasteiger partial charge in [0.2, 0.25) is 0 Å². The minimum Gasteiger partial charge on any atom is -0.478 e. The van der Waals surface area contributed by atoms with Gasteiger partial charge in [0.15, 0.2) is 5.78 Å². The van der Waals surface area contributed by atoms with E-state index in [2.05, 4.69) is 10.1 Å². The molecule has 0 spiro atoms. The summed E-state index contributed by atoms with van der Waals surface area (Å²) in [6.07, 6.45) is 1.96. The van der Waals surface area contributed by atoms with Crippen LogP contribution < -0.4 is 0 Å². The largest absolute Gasteiger partial charge is 0.478 e. The molecule has 0 radical (unpaired) electrons. The van der Waals surface area contributed by atoms with Gasteiger partial charge in [0, 0.05) is 53.0 Å². The summed E-state index contributed by atoms with van der Waals surface area (Å²) in [7, 11) is 0. The molecule has 9 heteroatoms. The first-order chi connectivity index (χ1) is 18.2. The van der Waals surface area contributed by atoms with Crippen molar-refractivity contribution in [2.45, 2.75) is 39.3 Å². The average Bonchev–Trinajstić information content (AvgIpc) is 3.19. The number of aromatic carboxylic acids is 1. The topological polar surface area (TPSA) is 114 Å². The predicted octanol–water partition coefficient (Wildman–Crippen LogP) is 5.08. The molecule has 1 N–H and O–H groups in total. The number of pyridine rings is 1. The molecule has 2 aromatic heterocycles. The van der Waals surface area contributed by atoms with Crippen LogP contribution in [-0.2, 0) is 24.2 Å². The van der Waals surface area contributed by atoms with Crippen molar-refractivity contribution in [1.29, 1.82) is 0 Å². The van der Waals surface area contributed by atoms with Crippen LogP contribution in [0, 0.1) is 13.8 Å². The van der Waals surface area contributed by atoms with E-state index in [0.717, 1.165) is 0 Å². The lowest BCUT2D eigenvalue weighted by atomic mass is 9.95. The molecule has 0 bridgehead atoms. The summed E-state index contributed by atoms with van der Waals surface area (Å²) in [5.74, 6) is -1.03. The third-order valence-electron chi connectivity index (χ3n) is 6.77. The fraction of sp³-hybridized carbons (Fsp3) is 0.207. The van der Waals surface area contributed by atoms with E-state index in [1.165, 1.54) is 6.07 Å². The number of aryl methyl sites for hydroxylation is 2. The molecule has 1 atom stereocenters. The van der Waals surface area contributed by atoms with Gasteiger partial charge in [-0.1, -0.05) is 28.9 Å². The summed E-state index contributed by atoms with van der Waals surface area (Å²) in [6, 6.07) is 14.5. The number of hydrogen-bond donors (Lipinski definition) is 1. The van der Waals surface area contributed by atoms with Gasteiger partial charge < -0.3 is 14.5 Å². The molecule has 0 fully saturated rings. The molecule has 0 aliphatic carbocycles. The van der Waals surface area contributed by atoms with Crippen molar-refractivity contribution in [3.05, 3.63) is 105 Å². The number of carboxylic acids is 1. The van der Waals surface area contributed by atoms with Crippen molar-refractivity contribution >= 4 is 29.3 Å². The molecule has 2 aromatic carbocycles. The molecule has 4 aromatic rings. The summed E-state index contributed by atoms with van der Waals surface area (Å²) in [5, 5.41) is 14.3. The van der Waals surface area contributed by atoms with Crippen LogP contribution in [0.4, 0.5) is 0 Å². The van der Waals surface area contributed by atoms with Crippen molar-refractivity contribution in [2.75, 3.05) is 0 Å². The van der Waals surface area contributed by atoms with Crippen LogP contribution in [0.25, 0.3) is 11.1 Å². The van der Waals surface area contributed by atoms with Crippen LogP contribution in [0.2, 0.25) is 5.02 Å². The minimum atomic E-state index is -1.09. The molecule has 8 nitrogen and oxygen atoms in total. The van der Waals surface area contributed by atoms with Crippen LogP contribution >= 0.6 is 11.6 Å². The first-order valence-corrected chi connectivity index (χ1v) is 12.4. The zero-order valence-electron chi connectivity index (χ0n) is 20.8. The minimum absolute atomic E-state index is 0.0674. The molecule has 1 amide bonds. The Balaban J connectivity index is 1.60. The third kappa shape index (κ3) is 4.82. The Morgan fingerprint density at radius 2 is 1.92 bits per heavy atom. The highest BCUT2D eigenvalue weighted by Gasteiger charge is 2.36. The van der Waals surface area contributed by atoms with E-state index in [-0.39, 0.29) is 36.6 Å². The van der Waals surface area contributed by atoms with Gasteiger partial charge in [0.25, 0.3) is 5.91 Å². The Bertz CT molecular complexity index is 1540. The number of carbonyl (C=O) groups is 3. The maximum atomic E-state index is 13.9. The Kier molecular flexibility index (Phi) is 6.82. The van der Waals surface area contributed by atoms with E-state index >= 15 is 0 Å². The van der Waals surface area contributed by atoms with Gasteiger partial charge in [0.05, 0.1) is 17.3 Å². The molecule has 0 unspecified atom stereocenters. The summed E-state index contributed by atoms with van der Waals surface area (Å²) in [5.41, 5.74) is 4.02. The molecule has 3 heterocycles. The second-order valence-corrected chi connectivity index (χ2v) is 9.74. The number of halogens is 1. The van der Waals surface area contributed by atoms with E-state index in [1.54, 1.807) is 61.3 Å². The number of rotatable bonds is 6. The van der Waals surface area contributed by atoms with E-state index in [9.17, 15) is 19.5 Å². The Morgan fingerprint density at radius 1 is 1.11 bits per heavy atom. The molecule has 0 saturated carbocycles. The van der Waals surface area contributed by atoms with E-state index in [1.807, 2.05) is 12.1 Å². The molecule has 38 heavy (non-hydrogen) atoms. The smallest absolute Gasteiger partial charge is 0.336 e. The number of carbonyl (C=O) groups excluding carboxylic acids is 2. The lowest BCUT2D eigenvalue weighted by Crippen LogP contribution is -2.45. The fourth-order valence-electron chi connectivity index (χ4n) is 4.96. The number of ketones is 1. The van der Waals surface area contributed by atoms with Crippen molar-refractivity contribution in [3.8, 4) is 11.1 Å². The number of carboxylic acid groups (broad SMARTS) is 1. The van der Waals surface area contributed by atoms with Crippen LogP contribution in [0.3, 0.4) is 0 Å². The molecule has 1 aliphatic heterocycles. The Labute approximate surface area is 223 Å². The Hall–Kier alpha value is -4.30. The molecule has 1 aliphatic rings. The van der Waals surface area contributed by atoms with Gasteiger partial charge in [-0.15, -0.1) is 0 Å². The zero-order valence-corrected chi connectivity index (χ0v) is 21.5. The molecule has 192 valence electrons. The molecule has 5 rings (SSSR count). The van der Waals surface area contributed by atoms with Crippen molar-refractivity contribution in [3.63, 3.8) is 0 Å². The van der Waals surface area contributed by atoms with Crippen molar-refractivity contribution in [2.24, 2.45) is 0 Å². The first kappa shape index (κ1) is 25.4. The molecular formula is C29H24ClN3O5. The van der Waals surface area contributed by atoms with E-state index < -0.39 is 12.0 Å². The normalized spacial score (nSPS) is 15.3. The van der Waals surface area contributed by atoms with Gasteiger partial charge in [0.1, 0.15) is 5.76 Å². The Morgan fingerprint density at radius 3 is 2.61 bits per heavy atom. The van der Waals surface area contributed by atoms with Gasteiger partial charge in [-0.05, 0) is 67.4 Å². The van der Waals surface area contributed by atoms with Gasteiger partial charge in [-0.25, -0.2) is 4.79 Å². The summed E-state index contributed by atoms with van der Waals surface area (Å²) in [6.45, 7) is 3.54. The quantitative estimate of drug-likeness (QED) is 0.370. The SMILES string of the molecule is Cc1noc(C)c1-c1cc(CN2C(=O)c3ccc(Cl)cc3CC(=O)[C@H]2Cc2ccccn2)ccc1C(=O)O. The maximum absolute atomic E-state index is 13.9. The third-order valence-corrected chi connectivity index (χ3v) is 7.00. The fourth-order valence-corrected chi connectivity index (χ4v) is 5.16. The monoisotopic (exact) mass is 529 g/mol. The van der Waals surface area contributed by atoms with Gasteiger partial charge in [-0.3, -0.25) is 14.6 Å². The lowest BCUT2D eigenvalue weighted by Gasteiger charge is -2.29. The highest BCUT2D eigenvalue weighted by atomic mass is 35.5. The van der Waals surface area contributed by atoms with Gasteiger partial charge in [-0.2, -0.15) is 0 Å². The number of hydrogen-bond acceptors (Lipinski definition) is 6. The molecular weight excluding hydrogens is 506 g/mol. The number of nitrogens with zero attached hydrogens (tertiary/aromatic N) is 3. The van der Waals surface area contributed by atoms with Gasteiger partial charge >= 0.3 is 5.97 Å². The van der Waals surface area contributed by atoms with E-state index in [4.69, 9.17) is 16.1 Å². The summed E-state index contributed by atoms with van der Waals surface area (Å²) < 4.78 is 5.28. The summed E-state index contributed by atoms with van der Waals surface area (Å²) in [4.78, 5) is 45.4. The summed E-state index contributed by atoms with van der Waals surface area (Å²) >= 11 is 6.18. The number of aromatic nitrogens is 2. The second kappa shape index (κ2) is 10.2. The zero-order chi connectivity index (χ0) is 27.0. The number of fused-ring (bicyclic) bond motifs is 1. The average molecular weight is 530 g/mol. The number of benzene rings is 2. The second-order valence-electron chi connectivity index (χ2n) is 9.30. The molecule has 0 saturated heterocycles. The first-order valence-electron chi connectivity index (χ1n) is 12.0. The van der Waals surface area contributed by atoms with Crippen LogP contribution in [0.5, 0.6) is 0 Å². The predicted molar refractivity (Wildman–Crippen MR) is 140 cm³/mol.